The van der Waals surface area contributed by atoms with Crippen LogP contribution in [0.25, 0.3) is 0 Å². The highest BCUT2D eigenvalue weighted by Crippen LogP contribution is 2.29. The number of anilines is 1. The van der Waals surface area contributed by atoms with Gasteiger partial charge in [-0.3, -0.25) is 13.9 Å². The molecule has 0 aliphatic rings. The van der Waals surface area contributed by atoms with Crippen LogP contribution in [0.5, 0.6) is 11.5 Å². The van der Waals surface area contributed by atoms with Gasteiger partial charge in [0.05, 0.1) is 20.6 Å². The fourth-order valence-corrected chi connectivity index (χ4v) is 6.60. The zero-order valence-electron chi connectivity index (χ0n) is 26.8. The molecule has 8 nitrogen and oxygen atoms in total. The number of hydrogen-bond donors (Lipinski definition) is 1. The van der Waals surface area contributed by atoms with Gasteiger partial charge in [0, 0.05) is 12.6 Å². The smallest absolute Gasteiger partial charge is 0.264 e. The van der Waals surface area contributed by atoms with Gasteiger partial charge in [-0.25, -0.2) is 8.42 Å². The molecule has 4 aromatic carbocycles. The Kier molecular flexibility index (Phi) is 12.3. The molecule has 0 spiro atoms. The average Bonchev–Trinajstić information content (AvgIpc) is 3.06. The quantitative estimate of drug-likeness (QED) is 0.144. The highest BCUT2D eigenvalue weighted by Gasteiger charge is 2.34. The lowest BCUT2D eigenvalue weighted by Crippen LogP contribution is -2.53. The van der Waals surface area contributed by atoms with E-state index in [9.17, 15) is 18.0 Å². The molecule has 4 rings (SSSR count). The molecular weight excluding hydrogens is 657 g/mol. The van der Waals surface area contributed by atoms with Crippen LogP contribution in [-0.4, -0.2) is 43.8 Å². The molecule has 11 heteroatoms. The number of halogens is 2. The summed E-state index contributed by atoms with van der Waals surface area (Å²) >= 11 is 12.4. The number of nitrogens with one attached hydrogen (secondary N) is 1. The predicted molar refractivity (Wildman–Crippen MR) is 188 cm³/mol. The number of carbonyl (C=O) groups is 2. The molecule has 0 aliphatic carbocycles. The highest BCUT2D eigenvalue weighted by molar-refractivity contribution is 7.92. The Morgan fingerprint density at radius 1 is 0.830 bits per heavy atom. The first-order valence-electron chi connectivity index (χ1n) is 15.4. The fraction of sp³-hybridized carbons (Fsp3) is 0.278. The molecule has 0 aromatic heterocycles. The van der Waals surface area contributed by atoms with Crippen molar-refractivity contribution in [3.8, 4) is 11.5 Å². The first kappa shape index (κ1) is 35.8. The van der Waals surface area contributed by atoms with Crippen LogP contribution in [0.15, 0.2) is 102 Å². The Morgan fingerprint density at radius 2 is 1.47 bits per heavy atom. The number of hydrogen-bond acceptors (Lipinski definition) is 5. The van der Waals surface area contributed by atoms with Crippen LogP contribution >= 0.6 is 23.2 Å². The number of para-hydroxylation sites is 1. The van der Waals surface area contributed by atoms with Crippen molar-refractivity contribution in [2.75, 3.05) is 10.8 Å². The standard InChI is InChI=1S/C36H39Cl2N3O5S/c1-5-26(4)39-36(43)34(6-2)40(23-27-14-21-32(37)33(38)22-27)35(42)24-41(47(44,45)31-19-12-25(3)13-20-31)28-15-17-30(18-16-28)46-29-10-8-7-9-11-29/h7-22,26,34H,5-6,23-24H2,1-4H3,(H,39,43)/t26-,34-/m1/s1. The van der Waals surface area contributed by atoms with E-state index in [1.165, 1.54) is 17.0 Å². The summed E-state index contributed by atoms with van der Waals surface area (Å²) in [6.45, 7) is 6.95. The monoisotopic (exact) mass is 695 g/mol. The van der Waals surface area contributed by atoms with Crippen LogP contribution in [0, 0.1) is 6.92 Å². The van der Waals surface area contributed by atoms with E-state index in [2.05, 4.69) is 5.32 Å². The first-order chi connectivity index (χ1) is 22.4. The number of nitrogens with zero attached hydrogens (tertiary/aromatic N) is 2. The molecule has 0 heterocycles. The normalized spacial score (nSPS) is 12.6. The Bertz CT molecular complexity index is 1770. The van der Waals surface area contributed by atoms with Gasteiger partial charge in [0.15, 0.2) is 0 Å². The SMILES string of the molecule is CC[C@@H](C)NC(=O)[C@@H](CC)N(Cc1ccc(Cl)c(Cl)c1)C(=O)CN(c1ccc(Oc2ccccc2)cc1)S(=O)(=O)c1ccc(C)cc1. The Labute approximate surface area is 287 Å². The van der Waals surface area contributed by atoms with Crippen molar-refractivity contribution in [1.82, 2.24) is 10.2 Å². The molecule has 0 aliphatic heterocycles. The minimum absolute atomic E-state index is 0.00439. The van der Waals surface area contributed by atoms with Crippen LogP contribution in [-0.2, 0) is 26.2 Å². The fourth-order valence-electron chi connectivity index (χ4n) is 4.87. The van der Waals surface area contributed by atoms with E-state index in [0.29, 0.717) is 39.9 Å². The molecule has 0 fully saturated rings. The molecule has 0 bridgehead atoms. The van der Waals surface area contributed by atoms with Gasteiger partial charge in [-0.1, -0.05) is 79.0 Å². The summed E-state index contributed by atoms with van der Waals surface area (Å²) in [5, 5.41) is 3.62. The van der Waals surface area contributed by atoms with Crippen molar-refractivity contribution >= 4 is 50.7 Å². The second-order valence-corrected chi connectivity index (χ2v) is 13.9. The van der Waals surface area contributed by atoms with Crippen molar-refractivity contribution in [3.05, 3.63) is 118 Å². The Morgan fingerprint density at radius 3 is 2.06 bits per heavy atom. The summed E-state index contributed by atoms with van der Waals surface area (Å²) in [6.07, 6.45) is 1.00. The predicted octanol–water partition coefficient (Wildman–Crippen LogP) is 8.01. The van der Waals surface area contributed by atoms with E-state index in [1.54, 1.807) is 54.6 Å². The minimum atomic E-state index is -4.23. The third kappa shape index (κ3) is 9.28. The van der Waals surface area contributed by atoms with Gasteiger partial charge in [0.1, 0.15) is 24.1 Å². The van der Waals surface area contributed by atoms with E-state index in [1.807, 2.05) is 58.0 Å². The lowest BCUT2D eigenvalue weighted by Gasteiger charge is -2.33. The van der Waals surface area contributed by atoms with Crippen molar-refractivity contribution in [2.45, 2.75) is 64.1 Å². The van der Waals surface area contributed by atoms with E-state index in [0.717, 1.165) is 9.87 Å². The van der Waals surface area contributed by atoms with Crippen molar-refractivity contribution < 1.29 is 22.7 Å². The lowest BCUT2D eigenvalue weighted by molar-refractivity contribution is -0.140. The van der Waals surface area contributed by atoms with Gasteiger partial charge in [0.2, 0.25) is 11.8 Å². The summed E-state index contributed by atoms with van der Waals surface area (Å²) in [4.78, 5) is 29.3. The summed E-state index contributed by atoms with van der Waals surface area (Å²) in [6, 6.07) is 26.1. The average molecular weight is 697 g/mol. The number of carbonyl (C=O) groups excluding carboxylic acids is 2. The summed E-state index contributed by atoms with van der Waals surface area (Å²) in [7, 11) is -4.23. The maximum atomic E-state index is 14.3. The zero-order chi connectivity index (χ0) is 34.1. The molecule has 0 saturated carbocycles. The summed E-state index contributed by atoms with van der Waals surface area (Å²) in [5.74, 6) is 0.222. The van der Waals surface area contributed by atoms with E-state index in [-0.39, 0.29) is 29.1 Å². The van der Waals surface area contributed by atoms with Crippen LogP contribution in [0.3, 0.4) is 0 Å². The maximum absolute atomic E-state index is 14.3. The second-order valence-electron chi connectivity index (χ2n) is 11.2. The summed E-state index contributed by atoms with van der Waals surface area (Å²) in [5.41, 5.74) is 1.78. The molecule has 47 heavy (non-hydrogen) atoms. The van der Waals surface area contributed by atoms with Gasteiger partial charge in [0.25, 0.3) is 10.0 Å². The molecule has 0 unspecified atom stereocenters. The van der Waals surface area contributed by atoms with Crippen LogP contribution in [0.1, 0.15) is 44.7 Å². The molecule has 2 amide bonds. The Balaban J connectivity index is 1.74. The van der Waals surface area contributed by atoms with Gasteiger partial charge in [-0.15, -0.1) is 0 Å². The first-order valence-corrected chi connectivity index (χ1v) is 17.6. The van der Waals surface area contributed by atoms with Crippen molar-refractivity contribution in [3.63, 3.8) is 0 Å². The van der Waals surface area contributed by atoms with E-state index in [4.69, 9.17) is 27.9 Å². The van der Waals surface area contributed by atoms with Crippen molar-refractivity contribution in [2.24, 2.45) is 0 Å². The number of ether oxygens (including phenoxy) is 1. The lowest BCUT2D eigenvalue weighted by atomic mass is 10.1. The number of rotatable bonds is 14. The van der Waals surface area contributed by atoms with Gasteiger partial charge >= 0.3 is 0 Å². The van der Waals surface area contributed by atoms with E-state index >= 15 is 0 Å². The molecular formula is C36H39Cl2N3O5S. The largest absolute Gasteiger partial charge is 0.457 e. The summed E-state index contributed by atoms with van der Waals surface area (Å²) < 4.78 is 35.3. The van der Waals surface area contributed by atoms with Crippen molar-refractivity contribution in [1.29, 1.82) is 0 Å². The number of benzene rings is 4. The molecule has 248 valence electrons. The second kappa shape index (κ2) is 16.2. The van der Waals surface area contributed by atoms with Crippen LogP contribution in [0.2, 0.25) is 10.0 Å². The third-order valence-corrected chi connectivity index (χ3v) is 10.2. The maximum Gasteiger partial charge on any atom is 0.264 e. The molecule has 4 aromatic rings. The number of amides is 2. The molecule has 2 atom stereocenters. The van der Waals surface area contributed by atoms with Crippen LogP contribution < -0.4 is 14.4 Å². The zero-order valence-corrected chi connectivity index (χ0v) is 29.1. The van der Waals surface area contributed by atoms with Crippen LogP contribution in [0.4, 0.5) is 5.69 Å². The van der Waals surface area contributed by atoms with Gasteiger partial charge in [-0.2, -0.15) is 0 Å². The van der Waals surface area contributed by atoms with Gasteiger partial charge < -0.3 is 15.0 Å². The topological polar surface area (TPSA) is 96.0 Å². The number of aryl methyl sites for hydroxylation is 1. The highest BCUT2D eigenvalue weighted by atomic mass is 35.5. The number of sulfonamides is 1. The molecule has 1 N–H and O–H groups in total. The minimum Gasteiger partial charge on any atom is -0.457 e. The molecule has 0 radical (unpaired) electrons. The van der Waals surface area contributed by atoms with Gasteiger partial charge in [-0.05, 0) is 92.9 Å². The Hall–Kier alpha value is -4.05. The molecule has 0 saturated heterocycles. The van der Waals surface area contributed by atoms with E-state index < -0.39 is 28.5 Å². The third-order valence-electron chi connectivity index (χ3n) is 7.72.